The summed E-state index contributed by atoms with van der Waals surface area (Å²) in [6.07, 6.45) is 6.32. The van der Waals surface area contributed by atoms with Gasteiger partial charge in [-0.05, 0) is 43.5 Å². The molecule has 4 rings (SSSR count). The summed E-state index contributed by atoms with van der Waals surface area (Å²) in [7, 11) is 0. The van der Waals surface area contributed by atoms with Crippen molar-refractivity contribution in [1.82, 2.24) is 0 Å². The number of ketones is 1. The van der Waals surface area contributed by atoms with E-state index in [4.69, 9.17) is 14.2 Å². The number of allylic oxidation sites excluding steroid dienone is 3. The number of hydrogen-bond donors (Lipinski definition) is 0. The fourth-order valence-electron chi connectivity index (χ4n) is 3.24. The van der Waals surface area contributed by atoms with Gasteiger partial charge < -0.3 is 14.2 Å². The van der Waals surface area contributed by atoms with Crippen molar-refractivity contribution in [2.45, 2.75) is 25.9 Å². The van der Waals surface area contributed by atoms with E-state index < -0.39 is 12.1 Å². The lowest BCUT2D eigenvalue weighted by Gasteiger charge is -2.12. The van der Waals surface area contributed by atoms with Crippen molar-refractivity contribution in [1.29, 1.82) is 0 Å². The molecule has 1 fully saturated rings. The van der Waals surface area contributed by atoms with Crippen molar-refractivity contribution < 1.29 is 23.8 Å². The number of ether oxygens (including phenoxy) is 3. The number of carbonyl (C=O) groups is 2. The molecule has 0 saturated carbocycles. The van der Waals surface area contributed by atoms with Gasteiger partial charge in [0.2, 0.25) is 5.78 Å². The highest BCUT2D eigenvalue weighted by Crippen LogP contribution is 2.39. The zero-order valence-electron chi connectivity index (χ0n) is 15.5. The van der Waals surface area contributed by atoms with Crippen LogP contribution in [0.5, 0.6) is 11.5 Å². The van der Waals surface area contributed by atoms with Gasteiger partial charge in [-0.25, -0.2) is 4.79 Å². The van der Waals surface area contributed by atoms with E-state index in [-0.39, 0.29) is 11.5 Å². The third-order valence-corrected chi connectivity index (χ3v) is 4.78. The van der Waals surface area contributed by atoms with Crippen LogP contribution in [-0.2, 0) is 9.53 Å². The second kappa shape index (κ2) is 7.82. The molecular formula is C23H20O5. The lowest BCUT2D eigenvalue weighted by atomic mass is 10.1. The number of carbonyl (C=O) groups excluding carboxylic acids is 2. The Morgan fingerprint density at radius 3 is 2.75 bits per heavy atom. The Hall–Kier alpha value is -3.18. The van der Waals surface area contributed by atoms with Gasteiger partial charge in [0.15, 0.2) is 11.9 Å². The molecule has 2 aliphatic rings. The van der Waals surface area contributed by atoms with Gasteiger partial charge in [0.05, 0.1) is 5.56 Å². The molecule has 5 nitrogen and oxygen atoms in total. The van der Waals surface area contributed by atoms with Gasteiger partial charge in [0.1, 0.15) is 11.5 Å². The average Bonchev–Trinajstić information content (AvgIpc) is 3.35. The fraction of sp³-hybridized carbons (Fsp3) is 0.217. The summed E-state index contributed by atoms with van der Waals surface area (Å²) in [6, 6.07) is 13.0. The highest BCUT2D eigenvalue weighted by molar-refractivity contribution is 6.13. The van der Waals surface area contributed by atoms with Crippen LogP contribution in [-0.4, -0.2) is 24.5 Å². The van der Waals surface area contributed by atoms with Crippen LogP contribution in [0.15, 0.2) is 60.4 Å². The molecule has 1 atom stereocenters. The lowest BCUT2D eigenvalue weighted by Crippen LogP contribution is -2.25. The molecule has 1 unspecified atom stereocenters. The summed E-state index contributed by atoms with van der Waals surface area (Å²) < 4.78 is 16.6. The van der Waals surface area contributed by atoms with Gasteiger partial charge in [0, 0.05) is 12.2 Å². The van der Waals surface area contributed by atoms with Crippen molar-refractivity contribution in [2.75, 3.05) is 6.61 Å². The van der Waals surface area contributed by atoms with E-state index in [1.165, 1.54) is 0 Å². The third kappa shape index (κ3) is 3.62. The predicted octanol–water partition coefficient (Wildman–Crippen LogP) is 4.25. The zero-order chi connectivity index (χ0) is 19.5. The van der Waals surface area contributed by atoms with E-state index in [2.05, 4.69) is 0 Å². The SMILES string of the molecule is Cc1c(OC(=O)C2CCCO2)ccc2c1O/C(=C\C=C\c1ccccc1)C2=O. The number of Topliss-reactive ketones (excluding diaryl/α,β-unsaturated/α-hetero) is 1. The first-order chi connectivity index (χ1) is 13.6. The normalized spacial score (nSPS) is 19.8. The Labute approximate surface area is 163 Å². The largest absolute Gasteiger partial charge is 0.452 e. The Morgan fingerprint density at radius 1 is 1.18 bits per heavy atom. The van der Waals surface area contributed by atoms with Crippen LogP contribution in [0.4, 0.5) is 0 Å². The first kappa shape index (κ1) is 18.2. The van der Waals surface area contributed by atoms with Crippen LogP contribution >= 0.6 is 0 Å². The summed E-state index contributed by atoms with van der Waals surface area (Å²) in [5.41, 5.74) is 2.11. The van der Waals surface area contributed by atoms with E-state index in [1.54, 1.807) is 31.2 Å². The summed E-state index contributed by atoms with van der Waals surface area (Å²) in [4.78, 5) is 24.8. The molecule has 0 amide bonds. The topological polar surface area (TPSA) is 61.8 Å². The van der Waals surface area contributed by atoms with Crippen LogP contribution in [0.1, 0.15) is 34.3 Å². The number of hydrogen-bond acceptors (Lipinski definition) is 5. The van der Waals surface area contributed by atoms with Crippen molar-refractivity contribution >= 4 is 17.8 Å². The minimum Gasteiger partial charge on any atom is -0.452 e. The second-order valence-corrected chi connectivity index (χ2v) is 6.72. The van der Waals surface area contributed by atoms with E-state index in [9.17, 15) is 9.59 Å². The molecule has 2 aromatic carbocycles. The lowest BCUT2D eigenvalue weighted by molar-refractivity contribution is -0.144. The molecule has 0 aliphatic carbocycles. The number of benzene rings is 2. The standard InChI is InChI=1S/C23H20O5/c1-15-18(28-23(25)20-11-6-14-26-20)13-12-17-21(24)19(27-22(15)17)10-5-9-16-7-3-2-4-8-16/h2-5,7-10,12-13,20H,6,11,14H2,1H3/b9-5+,19-10-. The van der Waals surface area contributed by atoms with E-state index >= 15 is 0 Å². The second-order valence-electron chi connectivity index (χ2n) is 6.72. The average molecular weight is 376 g/mol. The number of rotatable bonds is 4. The Bertz CT molecular complexity index is 966. The van der Waals surface area contributed by atoms with Crippen LogP contribution in [0.3, 0.4) is 0 Å². The maximum atomic E-state index is 12.6. The summed E-state index contributed by atoms with van der Waals surface area (Å²) in [6.45, 7) is 2.35. The first-order valence-corrected chi connectivity index (χ1v) is 9.26. The maximum absolute atomic E-state index is 12.6. The van der Waals surface area contributed by atoms with E-state index in [0.29, 0.717) is 35.7 Å². The molecule has 0 N–H and O–H groups in total. The summed E-state index contributed by atoms with van der Waals surface area (Å²) >= 11 is 0. The quantitative estimate of drug-likeness (QED) is 0.453. The number of esters is 1. The van der Waals surface area contributed by atoms with Gasteiger partial charge in [0.25, 0.3) is 0 Å². The molecule has 2 aliphatic heterocycles. The Balaban J connectivity index is 1.52. The van der Waals surface area contributed by atoms with Crippen LogP contribution < -0.4 is 9.47 Å². The molecule has 0 radical (unpaired) electrons. The first-order valence-electron chi connectivity index (χ1n) is 9.26. The zero-order valence-corrected chi connectivity index (χ0v) is 15.5. The molecule has 142 valence electrons. The van der Waals surface area contributed by atoms with Gasteiger partial charge in [-0.3, -0.25) is 4.79 Å². The fourth-order valence-corrected chi connectivity index (χ4v) is 3.24. The third-order valence-electron chi connectivity index (χ3n) is 4.78. The molecule has 28 heavy (non-hydrogen) atoms. The minimum atomic E-state index is -0.520. The minimum absolute atomic E-state index is 0.187. The van der Waals surface area contributed by atoms with Gasteiger partial charge in [-0.1, -0.05) is 42.5 Å². The van der Waals surface area contributed by atoms with Crippen LogP contribution in [0.2, 0.25) is 0 Å². The molecule has 0 spiro atoms. The van der Waals surface area contributed by atoms with E-state index in [1.807, 2.05) is 36.4 Å². The molecule has 2 aromatic rings. The highest BCUT2D eigenvalue weighted by Gasteiger charge is 2.31. The van der Waals surface area contributed by atoms with Crippen molar-refractivity contribution in [3.05, 3.63) is 77.1 Å². The molecular weight excluding hydrogens is 356 g/mol. The summed E-state index contributed by atoms with van der Waals surface area (Å²) in [5, 5.41) is 0. The van der Waals surface area contributed by atoms with Crippen LogP contribution in [0.25, 0.3) is 6.08 Å². The van der Waals surface area contributed by atoms with Gasteiger partial charge in [-0.2, -0.15) is 0 Å². The molecule has 5 heteroatoms. The van der Waals surface area contributed by atoms with Gasteiger partial charge in [-0.15, -0.1) is 0 Å². The smallest absolute Gasteiger partial charge is 0.340 e. The highest BCUT2D eigenvalue weighted by atomic mass is 16.6. The Kier molecular flexibility index (Phi) is 5.08. The van der Waals surface area contributed by atoms with Crippen molar-refractivity contribution in [3.8, 4) is 11.5 Å². The maximum Gasteiger partial charge on any atom is 0.340 e. The molecule has 0 aromatic heterocycles. The molecule has 0 bridgehead atoms. The molecule has 2 heterocycles. The Morgan fingerprint density at radius 2 is 2.00 bits per heavy atom. The van der Waals surface area contributed by atoms with E-state index in [0.717, 1.165) is 12.0 Å². The van der Waals surface area contributed by atoms with Gasteiger partial charge >= 0.3 is 5.97 Å². The monoisotopic (exact) mass is 376 g/mol. The summed E-state index contributed by atoms with van der Waals surface area (Å²) in [5.74, 6) is 0.460. The van der Waals surface area contributed by atoms with Crippen LogP contribution in [0, 0.1) is 6.92 Å². The van der Waals surface area contributed by atoms with Crippen molar-refractivity contribution in [2.24, 2.45) is 0 Å². The molecule has 1 saturated heterocycles. The van der Waals surface area contributed by atoms with Crippen molar-refractivity contribution in [3.63, 3.8) is 0 Å². The number of fused-ring (bicyclic) bond motifs is 1. The predicted molar refractivity (Wildman–Crippen MR) is 104 cm³/mol.